The van der Waals surface area contributed by atoms with Crippen LogP contribution in [0.4, 0.5) is 0 Å². The van der Waals surface area contributed by atoms with E-state index in [1.807, 2.05) is 0 Å². The number of allylic oxidation sites excluding steroid dienone is 8. The van der Waals surface area contributed by atoms with Gasteiger partial charge in [-0.15, -0.1) is 0 Å². The molecule has 0 saturated heterocycles. The molecule has 2 unspecified atom stereocenters. The molecule has 2 atom stereocenters. The first-order chi connectivity index (χ1) is 8.31. The van der Waals surface area contributed by atoms with Gasteiger partial charge in [0.05, 0.1) is 0 Å². The van der Waals surface area contributed by atoms with Gasteiger partial charge in [0.15, 0.2) is 0 Å². The number of hydrogen-bond donors (Lipinski definition) is 0. The van der Waals surface area contributed by atoms with Gasteiger partial charge in [-0.25, -0.2) is 0 Å². The van der Waals surface area contributed by atoms with Crippen molar-refractivity contribution in [1.82, 2.24) is 0 Å². The van der Waals surface area contributed by atoms with Crippen LogP contribution >= 0.6 is 0 Å². The maximum absolute atomic E-state index is 2.51. The molecule has 0 radical (unpaired) electrons. The summed E-state index contributed by atoms with van der Waals surface area (Å²) in [7, 11) is 0. The van der Waals surface area contributed by atoms with Crippen LogP contribution in [-0.2, 0) is 20.4 Å². The Morgan fingerprint density at radius 2 is 1.94 bits per heavy atom. The van der Waals surface area contributed by atoms with E-state index in [9.17, 15) is 0 Å². The summed E-state index contributed by atoms with van der Waals surface area (Å²) in [6.45, 7) is 0. The van der Waals surface area contributed by atoms with Crippen LogP contribution in [0, 0.1) is 5.92 Å². The van der Waals surface area contributed by atoms with Gasteiger partial charge >= 0.3 is 116 Å². The molecule has 90 valence electrons. The van der Waals surface area contributed by atoms with Crippen LogP contribution in [0.3, 0.4) is 0 Å². The fraction of sp³-hybridized carbons (Fsp3) is 0.500. The standard InChI is InChI=1S/C16H19.Ti.3H/c1-2-8-13(7-1)15-11-5-6-12-16(15)14-9-3-4-10-14;;;;/h1-4,7,9,15H,5-6,8,10-12H2;;;;/q;+3;3*-1. The average molecular weight is 262 g/mol. The molecule has 0 heterocycles. The molecule has 3 aliphatic rings. The van der Waals surface area contributed by atoms with Crippen molar-refractivity contribution in [1.29, 1.82) is 0 Å². The second kappa shape index (κ2) is 4.74. The van der Waals surface area contributed by atoms with Crippen molar-refractivity contribution in [3.8, 4) is 0 Å². The Labute approximate surface area is 120 Å². The molecule has 1 fully saturated rings. The van der Waals surface area contributed by atoms with E-state index < -0.39 is 0 Å². The fourth-order valence-electron chi connectivity index (χ4n) is 3.56. The Morgan fingerprint density at radius 3 is 2.65 bits per heavy atom. The summed E-state index contributed by atoms with van der Waals surface area (Å²) >= 11 is 2.51. The molecule has 0 aromatic heterocycles. The molecule has 1 saturated carbocycles. The topological polar surface area (TPSA) is 0 Å². The summed E-state index contributed by atoms with van der Waals surface area (Å²) in [5.41, 5.74) is 3.36. The van der Waals surface area contributed by atoms with Crippen LogP contribution in [0.2, 0.25) is 3.72 Å². The molecule has 0 aromatic carbocycles. The molecule has 1 heteroatoms. The van der Waals surface area contributed by atoms with Gasteiger partial charge in [-0.3, -0.25) is 0 Å². The monoisotopic (exact) mass is 262 g/mol. The number of hydrogen-bond acceptors (Lipinski definition) is 0. The summed E-state index contributed by atoms with van der Waals surface area (Å²) in [6.07, 6.45) is 21.8. The fourth-order valence-corrected chi connectivity index (χ4v) is 4.64. The molecule has 0 spiro atoms. The van der Waals surface area contributed by atoms with E-state index in [1.54, 1.807) is 11.1 Å². The van der Waals surface area contributed by atoms with Crippen molar-refractivity contribution >= 4 is 0 Å². The van der Waals surface area contributed by atoms with Crippen molar-refractivity contribution in [2.24, 2.45) is 5.92 Å². The van der Waals surface area contributed by atoms with E-state index in [-0.39, 0.29) is 4.28 Å². The second-order valence-electron chi connectivity index (χ2n) is 5.47. The van der Waals surface area contributed by atoms with E-state index in [0.717, 1.165) is 5.92 Å². The molecule has 0 bridgehead atoms. The molecule has 0 aromatic rings. The van der Waals surface area contributed by atoms with Gasteiger partial charge in [0.1, 0.15) is 0 Å². The summed E-state index contributed by atoms with van der Waals surface area (Å²) < 4.78 is 0.430. The van der Waals surface area contributed by atoms with Crippen LogP contribution in [0.1, 0.15) is 42.8 Å². The Kier molecular flexibility index (Phi) is 3.28. The SMILES string of the molecule is [H-].[H-].[H-].[Ti+3][C]1(C2=CC=CC2)CCCCC1C1=CC=CC1. The van der Waals surface area contributed by atoms with Crippen molar-refractivity contribution < 1.29 is 24.7 Å². The summed E-state index contributed by atoms with van der Waals surface area (Å²) in [6, 6.07) is 0. The number of rotatable bonds is 2. The maximum atomic E-state index is 2.51. The summed E-state index contributed by atoms with van der Waals surface area (Å²) in [5, 5.41) is 0. The zero-order chi connectivity index (χ0) is 11.7. The Balaban J connectivity index is 0.00000120. The summed E-state index contributed by atoms with van der Waals surface area (Å²) in [4.78, 5) is 0. The molecule has 3 rings (SSSR count). The van der Waals surface area contributed by atoms with E-state index in [0.29, 0.717) is 3.72 Å². The zero-order valence-corrected chi connectivity index (χ0v) is 11.8. The van der Waals surface area contributed by atoms with Crippen LogP contribution in [0.25, 0.3) is 0 Å². The predicted octanol–water partition coefficient (Wildman–Crippen LogP) is 4.99. The molecule has 0 N–H and O–H groups in total. The van der Waals surface area contributed by atoms with Gasteiger partial charge in [0.2, 0.25) is 0 Å². The van der Waals surface area contributed by atoms with Crippen molar-refractivity contribution in [2.75, 3.05) is 0 Å². The molecular weight excluding hydrogens is 240 g/mol. The van der Waals surface area contributed by atoms with Crippen molar-refractivity contribution in [3.05, 3.63) is 47.6 Å². The predicted molar refractivity (Wildman–Crippen MR) is 71.7 cm³/mol. The van der Waals surface area contributed by atoms with Gasteiger partial charge in [0.25, 0.3) is 0 Å². The third-order valence-corrected chi connectivity index (χ3v) is 5.94. The minimum atomic E-state index is 0. The third-order valence-electron chi connectivity index (χ3n) is 4.50. The van der Waals surface area contributed by atoms with Crippen molar-refractivity contribution in [3.63, 3.8) is 0 Å². The quantitative estimate of drug-likeness (QED) is 0.615. The van der Waals surface area contributed by atoms with Crippen LogP contribution in [0.15, 0.2) is 47.6 Å². The van der Waals surface area contributed by atoms with E-state index in [4.69, 9.17) is 0 Å². The summed E-state index contributed by atoms with van der Waals surface area (Å²) in [5.74, 6) is 0.789. The van der Waals surface area contributed by atoms with E-state index in [1.165, 1.54) is 38.5 Å². The zero-order valence-electron chi connectivity index (χ0n) is 13.3. The Hall–Kier alpha value is -0.326. The molecule has 3 aliphatic carbocycles. The first kappa shape index (κ1) is 11.7. The molecular formula is C16H22Ti. The Bertz CT molecular complexity index is 437. The third kappa shape index (κ3) is 2.06. The first-order valence-electron chi connectivity index (χ1n) is 6.77. The van der Waals surface area contributed by atoms with Crippen LogP contribution in [-0.4, -0.2) is 0 Å². The van der Waals surface area contributed by atoms with Gasteiger partial charge < -0.3 is 4.28 Å². The van der Waals surface area contributed by atoms with Crippen molar-refractivity contribution in [2.45, 2.75) is 42.2 Å². The minimum absolute atomic E-state index is 0. The van der Waals surface area contributed by atoms with E-state index >= 15 is 0 Å². The molecule has 17 heavy (non-hydrogen) atoms. The second-order valence-corrected chi connectivity index (χ2v) is 6.86. The van der Waals surface area contributed by atoms with Crippen LogP contribution in [0.5, 0.6) is 0 Å². The van der Waals surface area contributed by atoms with Gasteiger partial charge in [-0.05, 0) is 0 Å². The molecule has 0 aliphatic heterocycles. The van der Waals surface area contributed by atoms with Gasteiger partial charge in [-0.1, -0.05) is 0 Å². The average Bonchev–Trinajstić information content (AvgIpc) is 3.03. The van der Waals surface area contributed by atoms with Gasteiger partial charge in [0, 0.05) is 0 Å². The van der Waals surface area contributed by atoms with E-state index in [2.05, 4.69) is 56.9 Å². The first-order valence-corrected chi connectivity index (χ1v) is 7.55. The normalized spacial score (nSPS) is 36.2. The Morgan fingerprint density at radius 1 is 1.12 bits per heavy atom. The molecule has 0 amide bonds. The molecule has 0 nitrogen and oxygen atoms in total. The van der Waals surface area contributed by atoms with Crippen LogP contribution < -0.4 is 0 Å². The van der Waals surface area contributed by atoms with Gasteiger partial charge in [-0.2, -0.15) is 0 Å².